The Labute approximate surface area is 286 Å². The summed E-state index contributed by atoms with van der Waals surface area (Å²) >= 11 is 0. The van der Waals surface area contributed by atoms with E-state index in [4.69, 9.17) is 9.47 Å². The van der Waals surface area contributed by atoms with Gasteiger partial charge in [-0.2, -0.15) is 13.2 Å². The normalized spacial score (nSPS) is 20.1. The van der Waals surface area contributed by atoms with Crippen molar-refractivity contribution in [3.8, 4) is 5.75 Å². The van der Waals surface area contributed by atoms with Gasteiger partial charge in [-0.1, -0.05) is 37.3 Å². The molecule has 1 aliphatic heterocycles. The van der Waals surface area contributed by atoms with Crippen molar-refractivity contribution in [2.24, 2.45) is 5.92 Å². The number of aliphatic hydroxyl groups excluding tert-OH is 1. The number of para-hydroxylation sites is 1. The first kappa shape index (κ1) is 37.7. The summed E-state index contributed by atoms with van der Waals surface area (Å²) in [7, 11) is 1.89. The van der Waals surface area contributed by atoms with Gasteiger partial charge < -0.3 is 30.1 Å². The van der Waals surface area contributed by atoms with Crippen LogP contribution in [0.4, 0.5) is 29.3 Å². The minimum absolute atomic E-state index is 0.183. The highest BCUT2D eigenvalue weighted by atomic mass is 19.4. The highest BCUT2D eigenvalue weighted by molar-refractivity contribution is 6.02. The van der Waals surface area contributed by atoms with E-state index in [0.717, 1.165) is 37.0 Å². The van der Waals surface area contributed by atoms with Crippen LogP contribution < -0.4 is 15.4 Å². The summed E-state index contributed by atoms with van der Waals surface area (Å²) in [5, 5.41) is 15.8. The van der Waals surface area contributed by atoms with Crippen LogP contribution in [0, 0.1) is 5.92 Å². The largest absolute Gasteiger partial charge is 0.490 e. The van der Waals surface area contributed by atoms with Gasteiger partial charge in [-0.25, -0.2) is 4.79 Å². The quantitative estimate of drug-likeness (QED) is 0.231. The van der Waals surface area contributed by atoms with Crippen molar-refractivity contribution in [1.29, 1.82) is 0 Å². The third kappa shape index (κ3) is 11.2. The molecule has 4 atom stereocenters. The second-order valence-corrected chi connectivity index (χ2v) is 12.8. The molecule has 0 aromatic heterocycles. The number of amides is 3. The molecule has 12 heteroatoms. The fourth-order valence-corrected chi connectivity index (χ4v) is 5.76. The maximum absolute atomic E-state index is 14.3. The van der Waals surface area contributed by atoms with Crippen LogP contribution in [0.1, 0.15) is 61.5 Å². The van der Waals surface area contributed by atoms with Gasteiger partial charge in [-0.05, 0) is 88.2 Å². The molecule has 3 aromatic rings. The van der Waals surface area contributed by atoms with Crippen molar-refractivity contribution < 1.29 is 37.3 Å². The molecule has 0 saturated carbocycles. The van der Waals surface area contributed by atoms with Crippen molar-refractivity contribution in [1.82, 2.24) is 9.80 Å². The second kappa shape index (κ2) is 17.5. The Bertz CT molecular complexity index is 1510. The lowest BCUT2D eigenvalue weighted by atomic mass is 10.0. The number of nitrogens with zero attached hydrogens (tertiary/aromatic N) is 2. The molecule has 1 aliphatic rings. The molecule has 9 nitrogen and oxygen atoms in total. The first-order chi connectivity index (χ1) is 23.3. The highest BCUT2D eigenvalue weighted by Gasteiger charge is 2.32. The molecule has 3 aromatic carbocycles. The van der Waals surface area contributed by atoms with Gasteiger partial charge in [0.05, 0.1) is 36.0 Å². The SMILES string of the molecule is C[C@@H]1CCCCO[C@H](CN(C)Cc2ccc(C(F)(F)F)cc2)[C@H](C)CN([C@@H](C)CO)C(=O)c2cc(NC(=O)Nc3ccccc3)ccc2O1. The Kier molecular flexibility index (Phi) is 13.5. The van der Waals surface area contributed by atoms with Crippen LogP contribution in [0.5, 0.6) is 5.75 Å². The number of fused-ring (bicyclic) bond motifs is 1. The number of halogens is 3. The van der Waals surface area contributed by atoms with E-state index in [9.17, 15) is 27.9 Å². The maximum atomic E-state index is 14.3. The van der Waals surface area contributed by atoms with Crippen LogP contribution in [0.3, 0.4) is 0 Å². The number of rotatable bonds is 8. The number of anilines is 2. The van der Waals surface area contributed by atoms with E-state index in [-0.39, 0.29) is 42.7 Å². The van der Waals surface area contributed by atoms with Crippen LogP contribution in [-0.4, -0.2) is 78.4 Å². The van der Waals surface area contributed by atoms with Gasteiger partial charge in [0.25, 0.3) is 5.91 Å². The lowest BCUT2D eigenvalue weighted by Gasteiger charge is -2.36. The molecule has 49 heavy (non-hydrogen) atoms. The highest BCUT2D eigenvalue weighted by Crippen LogP contribution is 2.30. The van der Waals surface area contributed by atoms with Crippen molar-refractivity contribution in [3.63, 3.8) is 0 Å². The number of carbonyl (C=O) groups excluding carboxylic acids is 2. The van der Waals surface area contributed by atoms with E-state index in [0.29, 0.717) is 36.8 Å². The number of aliphatic hydroxyl groups is 1. The number of hydrogen-bond donors (Lipinski definition) is 3. The number of urea groups is 1. The van der Waals surface area contributed by atoms with Gasteiger partial charge in [0.2, 0.25) is 0 Å². The Morgan fingerprint density at radius 1 is 1.02 bits per heavy atom. The van der Waals surface area contributed by atoms with E-state index < -0.39 is 23.8 Å². The molecular formula is C37H47F3N4O5. The molecule has 0 bridgehead atoms. The minimum atomic E-state index is -4.40. The summed E-state index contributed by atoms with van der Waals surface area (Å²) in [4.78, 5) is 30.7. The Hall–Kier alpha value is -4.13. The number of nitrogens with one attached hydrogen (secondary N) is 2. The van der Waals surface area contributed by atoms with Crippen LogP contribution >= 0.6 is 0 Å². The predicted molar refractivity (Wildman–Crippen MR) is 184 cm³/mol. The van der Waals surface area contributed by atoms with Gasteiger partial charge in [0.15, 0.2) is 0 Å². The molecule has 0 radical (unpaired) electrons. The first-order valence-corrected chi connectivity index (χ1v) is 16.7. The minimum Gasteiger partial charge on any atom is -0.490 e. The van der Waals surface area contributed by atoms with Crippen molar-refractivity contribution >= 4 is 23.3 Å². The van der Waals surface area contributed by atoms with Gasteiger partial charge >= 0.3 is 12.2 Å². The summed E-state index contributed by atoms with van der Waals surface area (Å²) < 4.78 is 51.8. The van der Waals surface area contributed by atoms with Gasteiger partial charge in [-0.15, -0.1) is 0 Å². The zero-order valence-electron chi connectivity index (χ0n) is 28.5. The average molecular weight is 685 g/mol. The van der Waals surface area contributed by atoms with Crippen molar-refractivity contribution in [3.05, 3.63) is 89.5 Å². The lowest BCUT2D eigenvalue weighted by molar-refractivity contribution is -0.137. The molecule has 4 rings (SSSR count). The summed E-state index contributed by atoms with van der Waals surface area (Å²) in [6.45, 7) is 7.04. The number of ether oxygens (including phenoxy) is 2. The Morgan fingerprint density at radius 2 is 1.71 bits per heavy atom. The molecule has 0 aliphatic carbocycles. The van der Waals surface area contributed by atoms with Gasteiger partial charge in [-0.3, -0.25) is 9.69 Å². The summed E-state index contributed by atoms with van der Waals surface area (Å²) in [5.41, 5.74) is 1.32. The summed E-state index contributed by atoms with van der Waals surface area (Å²) in [6.07, 6.45) is -2.56. The number of likely N-dealkylation sites (N-methyl/N-ethyl adjacent to an activating group) is 1. The smallest absolute Gasteiger partial charge is 0.416 e. The van der Waals surface area contributed by atoms with E-state index >= 15 is 0 Å². The number of carbonyl (C=O) groups is 2. The topological polar surface area (TPSA) is 103 Å². The van der Waals surface area contributed by atoms with E-state index in [2.05, 4.69) is 10.6 Å². The molecule has 3 amide bonds. The van der Waals surface area contributed by atoms with Crippen LogP contribution in [0.2, 0.25) is 0 Å². The molecular weight excluding hydrogens is 637 g/mol. The van der Waals surface area contributed by atoms with Crippen LogP contribution in [0.25, 0.3) is 0 Å². The third-order valence-electron chi connectivity index (χ3n) is 8.57. The van der Waals surface area contributed by atoms with E-state index in [1.807, 2.05) is 44.0 Å². The summed E-state index contributed by atoms with van der Waals surface area (Å²) in [6, 6.07) is 18.1. The zero-order valence-corrected chi connectivity index (χ0v) is 28.5. The molecule has 0 fully saturated rings. The maximum Gasteiger partial charge on any atom is 0.416 e. The number of alkyl halides is 3. The lowest BCUT2D eigenvalue weighted by Crippen LogP contribution is -2.47. The van der Waals surface area contributed by atoms with Crippen LogP contribution in [-0.2, 0) is 17.5 Å². The third-order valence-corrected chi connectivity index (χ3v) is 8.57. The molecule has 0 spiro atoms. The fourth-order valence-electron chi connectivity index (χ4n) is 5.76. The standard InChI is InChI=1S/C37H47F3N4O5/c1-25-21-44(26(2)24-45)35(46)32-20-31(42-36(47)41-30-11-6-5-7-12-30)17-18-33(32)49-27(3)10-8-9-19-48-34(25)23-43(4)22-28-13-15-29(16-14-28)37(38,39)40/h5-7,11-18,20,25-27,34,45H,8-10,19,21-24H2,1-4H3,(H2,41,42,47)/t25-,26+,27-,34-/m1/s1. The van der Waals surface area contributed by atoms with Crippen LogP contribution in [0.15, 0.2) is 72.8 Å². The molecule has 1 heterocycles. The Morgan fingerprint density at radius 3 is 2.39 bits per heavy atom. The first-order valence-electron chi connectivity index (χ1n) is 16.7. The summed E-state index contributed by atoms with van der Waals surface area (Å²) in [5.74, 6) is -0.163. The zero-order chi connectivity index (χ0) is 35.6. The fraction of sp³-hybridized carbons (Fsp3) is 0.459. The van der Waals surface area contributed by atoms with Gasteiger partial charge in [0.1, 0.15) is 5.75 Å². The van der Waals surface area contributed by atoms with E-state index in [1.165, 1.54) is 12.1 Å². The average Bonchev–Trinajstić information content (AvgIpc) is 3.06. The monoisotopic (exact) mass is 684 g/mol. The van der Waals surface area contributed by atoms with Crippen molar-refractivity contribution in [2.75, 3.05) is 44.0 Å². The van der Waals surface area contributed by atoms with E-state index in [1.54, 1.807) is 42.2 Å². The van der Waals surface area contributed by atoms with Crippen molar-refractivity contribution in [2.45, 2.75) is 71.0 Å². The number of hydrogen-bond acceptors (Lipinski definition) is 6. The van der Waals surface area contributed by atoms with Gasteiger partial charge in [0, 0.05) is 43.5 Å². The molecule has 266 valence electrons. The Balaban J connectivity index is 1.56. The molecule has 0 unspecified atom stereocenters. The molecule has 3 N–H and O–H groups in total. The second-order valence-electron chi connectivity index (χ2n) is 12.8. The number of benzene rings is 3. The molecule has 0 saturated heterocycles. The predicted octanol–water partition coefficient (Wildman–Crippen LogP) is 7.28.